The molecular formula is C8H15IO4. The number of aliphatic hydroxyl groups excluding tert-OH is 1. The predicted molar refractivity (Wildman–Crippen MR) is 54.9 cm³/mol. The maximum absolute atomic E-state index is 9.40. The van der Waals surface area contributed by atoms with E-state index in [2.05, 4.69) is 3.22 Å². The van der Waals surface area contributed by atoms with Gasteiger partial charge in [0.1, 0.15) is 5.60 Å². The monoisotopic (exact) mass is 302 g/mol. The van der Waals surface area contributed by atoms with Crippen molar-refractivity contribution in [1.82, 2.24) is 0 Å². The molecule has 5 heteroatoms. The van der Waals surface area contributed by atoms with E-state index in [1.165, 1.54) is 0 Å². The fraction of sp³-hybridized carbons (Fsp3) is 1.00. The second-order valence-electron chi connectivity index (χ2n) is 3.75. The van der Waals surface area contributed by atoms with Gasteiger partial charge in [-0.1, -0.05) is 6.92 Å². The van der Waals surface area contributed by atoms with Crippen LogP contribution >= 0.6 is 23.0 Å². The lowest BCUT2D eigenvalue weighted by Crippen LogP contribution is -2.50. The van der Waals surface area contributed by atoms with Gasteiger partial charge in [0.25, 0.3) is 0 Å². The van der Waals surface area contributed by atoms with E-state index in [4.69, 9.17) is 9.62 Å². The van der Waals surface area contributed by atoms with E-state index < -0.39 is 11.9 Å². The van der Waals surface area contributed by atoms with Crippen LogP contribution in [0.5, 0.6) is 0 Å². The quantitative estimate of drug-likeness (QED) is 0.480. The summed E-state index contributed by atoms with van der Waals surface area (Å²) in [5, 5.41) is 9.40. The molecule has 78 valence electrons. The number of halogens is 1. The molecule has 2 unspecified atom stereocenters. The van der Waals surface area contributed by atoms with Crippen LogP contribution in [0, 0.1) is 5.92 Å². The molecule has 1 N–H and O–H groups in total. The lowest BCUT2D eigenvalue weighted by molar-refractivity contribution is -0.330. The van der Waals surface area contributed by atoms with E-state index in [1.54, 1.807) is 23.0 Å². The van der Waals surface area contributed by atoms with E-state index >= 15 is 0 Å². The van der Waals surface area contributed by atoms with Gasteiger partial charge in [-0.05, 0) is 13.8 Å². The highest BCUT2D eigenvalue weighted by molar-refractivity contribution is 14.1. The normalized spacial score (nSPS) is 46.4. The molecule has 0 aromatic carbocycles. The zero-order valence-corrected chi connectivity index (χ0v) is 10.1. The summed E-state index contributed by atoms with van der Waals surface area (Å²) in [5.41, 5.74) is -0.474. The third-order valence-corrected chi connectivity index (χ3v) is 3.02. The van der Waals surface area contributed by atoms with Crippen molar-refractivity contribution in [3.05, 3.63) is 0 Å². The summed E-state index contributed by atoms with van der Waals surface area (Å²) < 4.78 is 9.91. The summed E-state index contributed by atoms with van der Waals surface area (Å²) in [4.78, 5) is 5.17. The Morgan fingerprint density at radius 1 is 1.54 bits per heavy atom. The summed E-state index contributed by atoms with van der Waals surface area (Å²) in [6.45, 7) is 5.85. The van der Waals surface area contributed by atoms with Crippen molar-refractivity contribution < 1.29 is 17.9 Å². The highest BCUT2D eigenvalue weighted by atomic mass is 127. The van der Waals surface area contributed by atoms with Crippen LogP contribution in [0.15, 0.2) is 0 Å². The molecule has 0 aromatic rings. The Hall–Kier alpha value is 0.570. The average molecular weight is 302 g/mol. The van der Waals surface area contributed by atoms with Gasteiger partial charge < -0.3 is 9.84 Å². The predicted octanol–water partition coefficient (Wildman–Crippen LogP) is 1.81. The van der Waals surface area contributed by atoms with E-state index in [9.17, 15) is 5.11 Å². The van der Waals surface area contributed by atoms with Crippen molar-refractivity contribution in [2.45, 2.75) is 45.2 Å². The second kappa shape index (κ2) is 4.39. The minimum absolute atomic E-state index is 0.0275. The Balaban J connectivity index is 2.69. The Labute approximate surface area is 92.2 Å². The van der Waals surface area contributed by atoms with Gasteiger partial charge in [0.05, 0.1) is 6.10 Å². The molecule has 0 aromatic heterocycles. The van der Waals surface area contributed by atoms with Crippen molar-refractivity contribution in [2.75, 3.05) is 0 Å². The van der Waals surface area contributed by atoms with Crippen LogP contribution in [0.1, 0.15) is 27.2 Å². The second-order valence-corrected chi connectivity index (χ2v) is 4.11. The highest BCUT2D eigenvalue weighted by Crippen LogP contribution is 2.36. The summed E-state index contributed by atoms with van der Waals surface area (Å²) >= 11 is 1.68. The molecule has 13 heavy (non-hydrogen) atoms. The van der Waals surface area contributed by atoms with E-state index in [0.717, 1.165) is 0 Å². The molecule has 1 aliphatic heterocycles. The maximum Gasteiger partial charge on any atom is 0.157 e. The molecule has 0 amide bonds. The average Bonchev–Trinajstić information content (AvgIpc) is 2.00. The molecule has 1 fully saturated rings. The van der Waals surface area contributed by atoms with Crippen LogP contribution in [0.3, 0.4) is 0 Å². The SMILES string of the molecule is CC1[C@H](C)OC(O)C[C@@]1(C)OOI. The highest BCUT2D eigenvalue weighted by Gasteiger charge is 2.44. The molecule has 4 atom stereocenters. The summed E-state index contributed by atoms with van der Waals surface area (Å²) in [6.07, 6.45) is -0.357. The molecule has 0 bridgehead atoms. The van der Waals surface area contributed by atoms with Crippen LogP contribution in [-0.2, 0) is 12.8 Å². The van der Waals surface area contributed by atoms with Gasteiger partial charge in [0, 0.05) is 12.3 Å². The molecule has 4 nitrogen and oxygen atoms in total. The lowest BCUT2D eigenvalue weighted by Gasteiger charge is -2.42. The van der Waals surface area contributed by atoms with Crippen LogP contribution in [-0.4, -0.2) is 23.1 Å². The standard InChI is InChI=1S/C8H15IO4/c1-5-6(2)11-7(10)4-8(5,3)12-13-9/h5-7,10H,4H2,1-3H3/t5?,6-,7?,8+/m0/s1. The minimum Gasteiger partial charge on any atom is -0.368 e. The van der Waals surface area contributed by atoms with Crippen molar-refractivity contribution in [3.8, 4) is 0 Å². The zero-order chi connectivity index (χ0) is 10.1. The van der Waals surface area contributed by atoms with Gasteiger partial charge in [-0.2, -0.15) is 3.22 Å². The topological polar surface area (TPSA) is 47.9 Å². The first-order valence-electron chi connectivity index (χ1n) is 4.29. The van der Waals surface area contributed by atoms with Crippen molar-refractivity contribution in [2.24, 2.45) is 5.92 Å². The molecule has 1 heterocycles. The number of ether oxygens (including phenoxy) is 1. The van der Waals surface area contributed by atoms with Gasteiger partial charge >= 0.3 is 0 Å². The van der Waals surface area contributed by atoms with Gasteiger partial charge in [0.2, 0.25) is 0 Å². The molecular weight excluding hydrogens is 287 g/mol. The van der Waals surface area contributed by atoms with Crippen LogP contribution in [0.4, 0.5) is 0 Å². The number of rotatable bonds is 2. The Morgan fingerprint density at radius 2 is 2.15 bits per heavy atom. The minimum atomic E-state index is -0.761. The van der Waals surface area contributed by atoms with E-state index in [0.29, 0.717) is 6.42 Å². The Kier molecular flexibility index (Phi) is 3.94. The molecule has 0 radical (unpaired) electrons. The van der Waals surface area contributed by atoms with Gasteiger partial charge in [-0.25, -0.2) is 4.89 Å². The molecule has 1 aliphatic rings. The summed E-state index contributed by atoms with van der Waals surface area (Å²) in [5.74, 6) is 0.186. The van der Waals surface area contributed by atoms with Crippen molar-refractivity contribution >= 4 is 23.0 Å². The molecule has 0 aliphatic carbocycles. The maximum atomic E-state index is 9.40. The molecule has 0 spiro atoms. The summed E-state index contributed by atoms with van der Waals surface area (Å²) in [7, 11) is 0. The van der Waals surface area contributed by atoms with Gasteiger partial charge in [-0.3, -0.25) is 0 Å². The van der Waals surface area contributed by atoms with Crippen LogP contribution < -0.4 is 0 Å². The molecule has 0 saturated carbocycles. The van der Waals surface area contributed by atoms with Gasteiger partial charge in [0.15, 0.2) is 29.3 Å². The molecule has 1 saturated heterocycles. The first kappa shape index (κ1) is 11.6. The fourth-order valence-corrected chi connectivity index (χ4v) is 2.04. The van der Waals surface area contributed by atoms with Crippen LogP contribution in [0.25, 0.3) is 0 Å². The largest absolute Gasteiger partial charge is 0.368 e. The number of hydrogen-bond donors (Lipinski definition) is 1. The third-order valence-electron chi connectivity index (χ3n) is 2.84. The molecule has 1 rings (SSSR count). The Morgan fingerprint density at radius 3 is 2.69 bits per heavy atom. The first-order chi connectivity index (χ1) is 5.99. The number of aliphatic hydroxyl groups is 1. The Bertz CT molecular complexity index is 178. The third kappa shape index (κ3) is 2.53. The number of hydrogen-bond acceptors (Lipinski definition) is 4. The van der Waals surface area contributed by atoms with E-state index in [1.807, 2.05) is 20.8 Å². The van der Waals surface area contributed by atoms with Crippen LogP contribution in [0.2, 0.25) is 0 Å². The van der Waals surface area contributed by atoms with E-state index in [-0.39, 0.29) is 12.0 Å². The zero-order valence-electron chi connectivity index (χ0n) is 7.99. The lowest BCUT2D eigenvalue weighted by atomic mass is 9.82. The first-order valence-corrected chi connectivity index (χ1v) is 5.17. The summed E-state index contributed by atoms with van der Waals surface area (Å²) in [6, 6.07) is 0. The smallest absolute Gasteiger partial charge is 0.157 e. The van der Waals surface area contributed by atoms with Crippen molar-refractivity contribution in [3.63, 3.8) is 0 Å². The van der Waals surface area contributed by atoms with Gasteiger partial charge in [-0.15, -0.1) is 0 Å². The van der Waals surface area contributed by atoms with Crippen molar-refractivity contribution in [1.29, 1.82) is 0 Å². The fourth-order valence-electron chi connectivity index (χ4n) is 1.62.